The van der Waals surface area contributed by atoms with E-state index in [4.69, 9.17) is 4.74 Å². The van der Waals surface area contributed by atoms with Gasteiger partial charge in [-0.15, -0.1) is 0 Å². The second-order valence-corrected chi connectivity index (χ2v) is 5.80. The van der Waals surface area contributed by atoms with Crippen molar-refractivity contribution in [2.24, 2.45) is 5.41 Å². The molecule has 2 unspecified atom stereocenters. The van der Waals surface area contributed by atoms with E-state index in [1.807, 2.05) is 0 Å². The lowest BCUT2D eigenvalue weighted by atomic mass is 9.73. The summed E-state index contributed by atoms with van der Waals surface area (Å²) in [6.45, 7) is 7.32. The molecule has 16 heavy (non-hydrogen) atoms. The third kappa shape index (κ3) is 4.06. The van der Waals surface area contributed by atoms with Crippen molar-refractivity contribution in [1.82, 2.24) is 0 Å². The first-order valence-corrected chi connectivity index (χ1v) is 6.87. The largest absolute Gasteiger partial charge is 0.390 e. The molecule has 0 amide bonds. The van der Waals surface area contributed by atoms with E-state index in [0.717, 1.165) is 25.9 Å². The average Bonchev–Trinajstić information content (AvgIpc) is 2.24. The zero-order chi connectivity index (χ0) is 12.0. The first-order chi connectivity index (χ1) is 7.58. The molecule has 0 spiro atoms. The quantitative estimate of drug-likeness (QED) is 0.705. The smallest absolute Gasteiger partial charge is 0.0852 e. The Hall–Kier alpha value is -0.0800. The van der Waals surface area contributed by atoms with Gasteiger partial charge in [-0.2, -0.15) is 0 Å². The predicted molar refractivity (Wildman–Crippen MR) is 67.5 cm³/mol. The second-order valence-electron chi connectivity index (χ2n) is 5.80. The maximum atomic E-state index is 10.2. The fourth-order valence-electron chi connectivity index (χ4n) is 2.51. The summed E-state index contributed by atoms with van der Waals surface area (Å²) in [5.41, 5.74) is 0.0341. The zero-order valence-corrected chi connectivity index (χ0v) is 11.2. The van der Waals surface area contributed by atoms with Crippen LogP contribution in [0, 0.1) is 5.41 Å². The highest BCUT2D eigenvalue weighted by atomic mass is 16.5. The molecule has 0 radical (unpaired) electrons. The number of ether oxygens (including phenoxy) is 1. The topological polar surface area (TPSA) is 29.5 Å². The summed E-state index contributed by atoms with van der Waals surface area (Å²) in [7, 11) is 0. The Kier molecular flexibility index (Phi) is 5.77. The molecule has 2 heteroatoms. The third-order valence-corrected chi connectivity index (χ3v) is 3.79. The summed E-state index contributed by atoms with van der Waals surface area (Å²) in [6.07, 6.45) is 8.06. The Morgan fingerprint density at radius 2 is 2.00 bits per heavy atom. The number of aliphatic hydroxyl groups is 1. The maximum Gasteiger partial charge on any atom is 0.0852 e. The van der Waals surface area contributed by atoms with E-state index in [1.165, 1.54) is 25.7 Å². The molecule has 0 aromatic heterocycles. The van der Waals surface area contributed by atoms with Crippen LogP contribution in [0.3, 0.4) is 0 Å². The van der Waals surface area contributed by atoms with Crippen LogP contribution in [0.4, 0.5) is 0 Å². The minimum absolute atomic E-state index is 0.0341. The van der Waals surface area contributed by atoms with E-state index >= 15 is 0 Å². The van der Waals surface area contributed by atoms with Crippen molar-refractivity contribution in [2.45, 2.75) is 77.9 Å². The summed E-state index contributed by atoms with van der Waals surface area (Å²) in [4.78, 5) is 0. The summed E-state index contributed by atoms with van der Waals surface area (Å²) >= 11 is 0. The van der Waals surface area contributed by atoms with Crippen molar-refractivity contribution in [3.8, 4) is 0 Å². The van der Waals surface area contributed by atoms with Gasteiger partial charge in [-0.3, -0.25) is 0 Å². The molecule has 0 saturated heterocycles. The minimum atomic E-state index is -0.285. The fourth-order valence-corrected chi connectivity index (χ4v) is 2.51. The van der Waals surface area contributed by atoms with Crippen molar-refractivity contribution >= 4 is 0 Å². The number of unbranched alkanes of at least 4 members (excludes halogenated alkanes) is 3. The molecule has 1 N–H and O–H groups in total. The Bertz CT molecular complexity index is 189. The lowest BCUT2D eigenvalue weighted by Gasteiger charge is -2.40. The van der Waals surface area contributed by atoms with Crippen LogP contribution < -0.4 is 0 Å². The first-order valence-electron chi connectivity index (χ1n) is 6.87. The van der Waals surface area contributed by atoms with Gasteiger partial charge in [0.2, 0.25) is 0 Å². The molecule has 0 aromatic rings. The number of rotatable bonds is 6. The van der Waals surface area contributed by atoms with E-state index in [9.17, 15) is 5.11 Å². The van der Waals surface area contributed by atoms with Crippen molar-refractivity contribution in [3.05, 3.63) is 0 Å². The van der Waals surface area contributed by atoms with E-state index < -0.39 is 0 Å². The molecule has 1 aliphatic carbocycles. The lowest BCUT2D eigenvalue weighted by molar-refractivity contribution is -0.112. The summed E-state index contributed by atoms with van der Waals surface area (Å²) < 4.78 is 5.83. The highest BCUT2D eigenvalue weighted by molar-refractivity contribution is 4.88. The van der Waals surface area contributed by atoms with Crippen LogP contribution in [0.1, 0.15) is 65.7 Å². The van der Waals surface area contributed by atoms with Crippen molar-refractivity contribution < 1.29 is 9.84 Å². The Balaban J connectivity index is 2.20. The van der Waals surface area contributed by atoms with Crippen molar-refractivity contribution in [1.29, 1.82) is 0 Å². The SMILES string of the molecule is CCCCCCOC1CCCC(C)(C)C1O. The monoisotopic (exact) mass is 228 g/mol. The first kappa shape index (κ1) is 14.0. The predicted octanol–water partition coefficient (Wildman–Crippen LogP) is 3.52. The molecule has 1 saturated carbocycles. The molecule has 1 aliphatic rings. The van der Waals surface area contributed by atoms with Gasteiger partial charge in [-0.05, 0) is 24.7 Å². The lowest BCUT2D eigenvalue weighted by Crippen LogP contribution is -2.44. The van der Waals surface area contributed by atoms with Crippen LogP contribution in [-0.2, 0) is 4.74 Å². The van der Waals surface area contributed by atoms with Gasteiger partial charge < -0.3 is 9.84 Å². The second kappa shape index (κ2) is 6.61. The van der Waals surface area contributed by atoms with Gasteiger partial charge in [-0.1, -0.05) is 46.5 Å². The molecular weight excluding hydrogens is 200 g/mol. The molecule has 0 heterocycles. The minimum Gasteiger partial charge on any atom is -0.390 e. The fraction of sp³-hybridized carbons (Fsp3) is 1.00. The third-order valence-electron chi connectivity index (χ3n) is 3.79. The van der Waals surface area contributed by atoms with E-state index in [-0.39, 0.29) is 17.6 Å². The van der Waals surface area contributed by atoms with Crippen LogP contribution in [0.25, 0.3) is 0 Å². The van der Waals surface area contributed by atoms with Gasteiger partial charge in [0.25, 0.3) is 0 Å². The van der Waals surface area contributed by atoms with Gasteiger partial charge in [0.1, 0.15) is 0 Å². The number of aliphatic hydroxyl groups excluding tert-OH is 1. The normalized spacial score (nSPS) is 29.2. The molecule has 0 bridgehead atoms. The Labute approximate surface area is 100 Å². The number of hydrogen-bond donors (Lipinski definition) is 1. The summed E-state index contributed by atoms with van der Waals surface area (Å²) in [5, 5.41) is 10.2. The number of hydrogen-bond acceptors (Lipinski definition) is 2. The summed E-state index contributed by atoms with van der Waals surface area (Å²) in [5.74, 6) is 0. The van der Waals surface area contributed by atoms with Crippen LogP contribution in [-0.4, -0.2) is 23.9 Å². The van der Waals surface area contributed by atoms with Crippen LogP contribution >= 0.6 is 0 Å². The maximum absolute atomic E-state index is 10.2. The van der Waals surface area contributed by atoms with Crippen LogP contribution in [0.2, 0.25) is 0 Å². The molecule has 2 atom stereocenters. The summed E-state index contributed by atoms with van der Waals surface area (Å²) in [6, 6.07) is 0. The van der Waals surface area contributed by atoms with Gasteiger partial charge in [0, 0.05) is 6.61 Å². The van der Waals surface area contributed by atoms with E-state index in [1.54, 1.807) is 0 Å². The molecule has 0 aromatic carbocycles. The van der Waals surface area contributed by atoms with Crippen molar-refractivity contribution in [3.63, 3.8) is 0 Å². The molecular formula is C14H28O2. The highest BCUT2D eigenvalue weighted by Gasteiger charge is 2.38. The van der Waals surface area contributed by atoms with E-state index in [0.29, 0.717) is 0 Å². The highest BCUT2D eigenvalue weighted by Crippen LogP contribution is 2.36. The molecule has 0 aliphatic heterocycles. The van der Waals surface area contributed by atoms with Crippen LogP contribution in [0.15, 0.2) is 0 Å². The molecule has 1 fully saturated rings. The van der Waals surface area contributed by atoms with Gasteiger partial charge in [0.15, 0.2) is 0 Å². The van der Waals surface area contributed by atoms with Gasteiger partial charge in [-0.25, -0.2) is 0 Å². The molecule has 96 valence electrons. The van der Waals surface area contributed by atoms with Crippen LogP contribution in [0.5, 0.6) is 0 Å². The van der Waals surface area contributed by atoms with Crippen molar-refractivity contribution in [2.75, 3.05) is 6.61 Å². The van der Waals surface area contributed by atoms with Gasteiger partial charge in [0.05, 0.1) is 12.2 Å². The molecule has 1 rings (SSSR count). The zero-order valence-electron chi connectivity index (χ0n) is 11.2. The average molecular weight is 228 g/mol. The molecule has 2 nitrogen and oxygen atoms in total. The van der Waals surface area contributed by atoms with E-state index in [2.05, 4.69) is 20.8 Å². The van der Waals surface area contributed by atoms with Gasteiger partial charge >= 0.3 is 0 Å². The Morgan fingerprint density at radius 1 is 1.25 bits per heavy atom. The Morgan fingerprint density at radius 3 is 2.69 bits per heavy atom. The standard InChI is InChI=1S/C14H28O2/c1-4-5-6-7-11-16-12-9-8-10-14(2,3)13(12)15/h12-13,15H,4-11H2,1-3H3.